The summed E-state index contributed by atoms with van der Waals surface area (Å²) in [6.45, 7) is 3.36. The Morgan fingerprint density at radius 1 is 0.958 bits per heavy atom. The largest absolute Gasteiger partial charge is 0.326 e. The van der Waals surface area contributed by atoms with Gasteiger partial charge < -0.3 is 10.6 Å². The van der Waals surface area contributed by atoms with E-state index in [2.05, 4.69) is 26.6 Å². The minimum absolute atomic E-state index is 0.0885. The maximum Gasteiger partial charge on any atom is 0.233 e. The zero-order valence-electron chi connectivity index (χ0n) is 13.4. The third-order valence-corrected chi connectivity index (χ3v) is 4.21. The summed E-state index contributed by atoms with van der Waals surface area (Å²) in [5.74, 6) is -0.937. The summed E-state index contributed by atoms with van der Waals surface area (Å²) >= 11 is 3.39. The molecule has 0 aliphatic carbocycles. The lowest BCUT2D eigenvalue weighted by molar-refractivity contribution is -0.123. The van der Waals surface area contributed by atoms with E-state index in [0.29, 0.717) is 16.9 Å². The second kappa shape index (κ2) is 7.88. The Kier molecular flexibility index (Phi) is 5.87. The highest BCUT2D eigenvalue weighted by molar-refractivity contribution is 9.10. The number of Topliss-reactive ketones (excluding diaryl/α,β-unsaturated/α-hetero) is 1. The molecule has 0 saturated carbocycles. The topological polar surface area (TPSA) is 75.3 Å². The first-order valence-electron chi connectivity index (χ1n) is 7.32. The molecule has 2 aromatic carbocycles. The smallest absolute Gasteiger partial charge is 0.233 e. The van der Waals surface area contributed by atoms with Crippen molar-refractivity contribution >= 4 is 44.9 Å². The summed E-state index contributed by atoms with van der Waals surface area (Å²) in [6.07, 6.45) is -0.306. The summed E-state index contributed by atoms with van der Waals surface area (Å²) in [5, 5.41) is 5.30. The summed E-state index contributed by atoms with van der Waals surface area (Å²) in [4.78, 5) is 35.2. The molecule has 0 aromatic heterocycles. The highest BCUT2D eigenvalue weighted by Crippen LogP contribution is 2.20. The Morgan fingerprint density at radius 3 is 2.17 bits per heavy atom. The number of anilines is 2. The molecule has 0 spiro atoms. The van der Waals surface area contributed by atoms with E-state index >= 15 is 0 Å². The van der Waals surface area contributed by atoms with Crippen molar-refractivity contribution in [3.63, 3.8) is 0 Å². The monoisotopic (exact) mass is 388 g/mol. The second-order valence-electron chi connectivity index (χ2n) is 5.37. The molecule has 0 aliphatic heterocycles. The molecule has 2 N–H and O–H groups in total. The predicted octanol–water partition coefficient (Wildman–Crippen LogP) is 3.93. The fraction of sp³-hybridized carbons (Fsp3) is 0.167. The van der Waals surface area contributed by atoms with E-state index in [1.54, 1.807) is 30.3 Å². The first-order chi connectivity index (χ1) is 11.3. The van der Waals surface area contributed by atoms with Crippen molar-refractivity contribution in [1.82, 2.24) is 0 Å². The van der Waals surface area contributed by atoms with Gasteiger partial charge in [-0.05, 0) is 49.7 Å². The number of halogens is 1. The molecule has 2 amide bonds. The van der Waals surface area contributed by atoms with Crippen LogP contribution in [0.25, 0.3) is 0 Å². The molecule has 24 heavy (non-hydrogen) atoms. The third-order valence-electron chi connectivity index (χ3n) is 3.32. The van der Waals surface area contributed by atoms with Crippen LogP contribution < -0.4 is 10.6 Å². The zero-order chi connectivity index (χ0) is 17.7. The van der Waals surface area contributed by atoms with Gasteiger partial charge in [0.25, 0.3) is 0 Å². The fourth-order valence-corrected chi connectivity index (χ4v) is 2.34. The average Bonchev–Trinajstić information content (AvgIpc) is 2.51. The van der Waals surface area contributed by atoms with Crippen molar-refractivity contribution in [2.24, 2.45) is 0 Å². The second-order valence-corrected chi connectivity index (χ2v) is 6.23. The van der Waals surface area contributed by atoms with E-state index in [4.69, 9.17) is 0 Å². The van der Waals surface area contributed by atoms with Crippen LogP contribution in [0, 0.1) is 6.92 Å². The number of aryl methyl sites for hydroxylation is 1. The Balaban J connectivity index is 1.94. The molecule has 2 aromatic rings. The van der Waals surface area contributed by atoms with Gasteiger partial charge >= 0.3 is 0 Å². The van der Waals surface area contributed by atoms with Crippen LogP contribution in [0.2, 0.25) is 0 Å². The normalized spacial score (nSPS) is 10.1. The summed E-state index contributed by atoms with van der Waals surface area (Å²) in [6, 6.07) is 12.0. The van der Waals surface area contributed by atoms with Crippen molar-refractivity contribution in [2.45, 2.75) is 20.3 Å². The molecule has 6 heteroatoms. The summed E-state index contributed by atoms with van der Waals surface area (Å²) in [5.41, 5.74) is 2.60. The zero-order valence-corrected chi connectivity index (χ0v) is 14.9. The maximum atomic E-state index is 12.0. The fourth-order valence-electron chi connectivity index (χ4n) is 2.09. The number of benzene rings is 2. The number of carbonyl (C=O) groups excluding carboxylic acids is 3. The van der Waals surface area contributed by atoms with E-state index in [-0.39, 0.29) is 12.2 Å². The van der Waals surface area contributed by atoms with E-state index < -0.39 is 11.8 Å². The number of hydrogen-bond acceptors (Lipinski definition) is 3. The molecule has 0 heterocycles. The Bertz CT molecular complexity index is 803. The van der Waals surface area contributed by atoms with Gasteiger partial charge in [-0.25, -0.2) is 0 Å². The van der Waals surface area contributed by atoms with Crippen LogP contribution in [0.5, 0.6) is 0 Å². The summed E-state index contributed by atoms with van der Waals surface area (Å²) < 4.78 is 0.948. The minimum atomic E-state index is -0.443. The lowest BCUT2D eigenvalue weighted by atomic mass is 10.1. The van der Waals surface area contributed by atoms with Crippen LogP contribution in [-0.4, -0.2) is 17.6 Å². The molecule has 2 rings (SSSR count). The highest BCUT2D eigenvalue weighted by Gasteiger charge is 2.11. The lowest BCUT2D eigenvalue weighted by Crippen LogP contribution is -2.21. The van der Waals surface area contributed by atoms with E-state index in [9.17, 15) is 14.4 Å². The first-order valence-corrected chi connectivity index (χ1v) is 8.11. The van der Waals surface area contributed by atoms with Crippen molar-refractivity contribution in [1.29, 1.82) is 0 Å². The van der Waals surface area contributed by atoms with Crippen molar-refractivity contribution in [3.8, 4) is 0 Å². The van der Waals surface area contributed by atoms with Gasteiger partial charge in [0, 0.05) is 21.4 Å². The van der Waals surface area contributed by atoms with Gasteiger partial charge in [0.2, 0.25) is 11.8 Å². The lowest BCUT2D eigenvalue weighted by Gasteiger charge is -2.08. The van der Waals surface area contributed by atoms with Crippen LogP contribution in [0.4, 0.5) is 11.4 Å². The van der Waals surface area contributed by atoms with Gasteiger partial charge in [-0.3, -0.25) is 14.4 Å². The molecule has 0 bridgehead atoms. The molecule has 0 atom stereocenters. The van der Waals surface area contributed by atoms with Crippen LogP contribution in [0.15, 0.2) is 46.9 Å². The van der Waals surface area contributed by atoms with Crippen LogP contribution in [0.1, 0.15) is 29.3 Å². The van der Waals surface area contributed by atoms with Gasteiger partial charge in [-0.15, -0.1) is 0 Å². The van der Waals surface area contributed by atoms with E-state index in [0.717, 1.165) is 10.0 Å². The number of carbonyl (C=O) groups is 3. The minimum Gasteiger partial charge on any atom is -0.326 e. The molecule has 0 aliphatic rings. The quantitative estimate of drug-likeness (QED) is 0.601. The molecular formula is C18H17BrN2O3. The maximum absolute atomic E-state index is 12.0. The molecule has 0 radical (unpaired) electrons. The Labute approximate surface area is 148 Å². The van der Waals surface area contributed by atoms with E-state index in [1.165, 1.54) is 6.92 Å². The highest BCUT2D eigenvalue weighted by atomic mass is 79.9. The first kappa shape index (κ1) is 17.9. The van der Waals surface area contributed by atoms with E-state index in [1.807, 2.05) is 19.1 Å². The van der Waals surface area contributed by atoms with Crippen LogP contribution in [-0.2, 0) is 9.59 Å². The number of nitrogens with one attached hydrogen (secondary N) is 2. The number of hydrogen-bond donors (Lipinski definition) is 2. The molecule has 0 unspecified atom stereocenters. The number of amides is 2. The van der Waals surface area contributed by atoms with Crippen molar-refractivity contribution in [2.75, 3.05) is 10.6 Å². The third kappa shape index (κ3) is 5.03. The molecule has 0 fully saturated rings. The van der Waals surface area contributed by atoms with Crippen molar-refractivity contribution < 1.29 is 14.4 Å². The standard InChI is InChI=1S/C18H17BrN2O3/c1-11-8-15(6-7-16(11)19)21-18(24)10-17(23)20-14-5-3-4-13(9-14)12(2)22/h3-9H,10H2,1-2H3,(H,20,23)(H,21,24). The van der Waals surface area contributed by atoms with Gasteiger partial charge in [0.15, 0.2) is 5.78 Å². The Morgan fingerprint density at radius 2 is 1.58 bits per heavy atom. The Hall–Kier alpha value is -2.47. The van der Waals surface area contributed by atoms with Gasteiger partial charge in [-0.1, -0.05) is 28.1 Å². The number of rotatable bonds is 5. The SMILES string of the molecule is CC(=O)c1cccc(NC(=O)CC(=O)Nc2ccc(Br)c(C)c2)c1. The van der Waals surface area contributed by atoms with Gasteiger partial charge in [0.05, 0.1) is 0 Å². The van der Waals surface area contributed by atoms with Crippen molar-refractivity contribution in [3.05, 3.63) is 58.1 Å². The van der Waals surface area contributed by atoms with Crippen LogP contribution in [0.3, 0.4) is 0 Å². The predicted molar refractivity (Wildman–Crippen MR) is 97.2 cm³/mol. The summed E-state index contributed by atoms with van der Waals surface area (Å²) in [7, 11) is 0. The number of ketones is 1. The molecule has 124 valence electrons. The molecule has 5 nitrogen and oxygen atoms in total. The van der Waals surface area contributed by atoms with Crippen LogP contribution >= 0.6 is 15.9 Å². The average molecular weight is 389 g/mol. The van der Waals surface area contributed by atoms with Gasteiger partial charge in [-0.2, -0.15) is 0 Å². The molecular weight excluding hydrogens is 372 g/mol. The molecule has 0 saturated heterocycles. The van der Waals surface area contributed by atoms with Gasteiger partial charge in [0.1, 0.15) is 6.42 Å².